The number of benzene rings is 2. The van der Waals surface area contributed by atoms with Crippen LogP contribution in [0, 0.1) is 5.92 Å². The molecule has 0 unspecified atom stereocenters. The number of nitrogens with two attached hydrogens (primary N) is 1. The quantitative estimate of drug-likeness (QED) is 0.478. The van der Waals surface area contributed by atoms with Crippen molar-refractivity contribution in [2.24, 2.45) is 11.7 Å². The Balaban J connectivity index is 1.85. The third-order valence-electron chi connectivity index (χ3n) is 4.79. The molecular weight excluding hydrogens is 459 g/mol. The summed E-state index contributed by atoms with van der Waals surface area (Å²) < 4.78 is 63.4. The van der Waals surface area contributed by atoms with Gasteiger partial charge < -0.3 is 11.1 Å². The van der Waals surface area contributed by atoms with Crippen molar-refractivity contribution in [3.8, 4) is 0 Å². The molecule has 0 saturated carbocycles. The number of rotatable bonds is 10. The molecule has 0 aliphatic carbocycles. The SMILES string of the molecule is C[C@@H](C[C@@H](N)Cc1ccccc1)C(=O)NS(=O)(=O)Cc1ccc(CNC(=O)C(F)(F)F)cc1. The number of carbonyl (C=O) groups is 2. The van der Waals surface area contributed by atoms with Gasteiger partial charge in [-0.15, -0.1) is 0 Å². The highest BCUT2D eigenvalue weighted by molar-refractivity contribution is 7.89. The van der Waals surface area contributed by atoms with Gasteiger partial charge in [0.15, 0.2) is 0 Å². The second-order valence-electron chi connectivity index (χ2n) is 7.81. The molecule has 33 heavy (non-hydrogen) atoms. The van der Waals surface area contributed by atoms with Crippen LogP contribution in [0.1, 0.15) is 30.0 Å². The lowest BCUT2D eigenvalue weighted by Gasteiger charge is -2.17. The average molecular weight is 486 g/mol. The van der Waals surface area contributed by atoms with Crippen LogP contribution in [0.4, 0.5) is 13.2 Å². The predicted octanol–water partition coefficient (Wildman–Crippen LogP) is 2.41. The Hall–Kier alpha value is -2.92. The topological polar surface area (TPSA) is 118 Å². The van der Waals surface area contributed by atoms with Crippen molar-refractivity contribution in [2.45, 2.75) is 44.3 Å². The molecule has 2 atom stereocenters. The maximum absolute atomic E-state index is 12.4. The van der Waals surface area contributed by atoms with Crippen LogP contribution in [0.15, 0.2) is 54.6 Å². The van der Waals surface area contributed by atoms with Gasteiger partial charge in [-0.2, -0.15) is 13.2 Å². The zero-order valence-corrected chi connectivity index (χ0v) is 18.7. The molecule has 180 valence electrons. The van der Waals surface area contributed by atoms with E-state index in [2.05, 4.69) is 0 Å². The van der Waals surface area contributed by atoms with Gasteiger partial charge in [0.2, 0.25) is 15.9 Å². The van der Waals surface area contributed by atoms with E-state index in [0.29, 0.717) is 24.0 Å². The van der Waals surface area contributed by atoms with E-state index in [9.17, 15) is 31.2 Å². The smallest absolute Gasteiger partial charge is 0.344 e. The van der Waals surface area contributed by atoms with Crippen LogP contribution in [-0.2, 0) is 38.3 Å². The number of alkyl halides is 3. The first-order valence-corrected chi connectivity index (χ1v) is 11.8. The van der Waals surface area contributed by atoms with Crippen molar-refractivity contribution in [2.75, 3.05) is 0 Å². The third-order valence-corrected chi connectivity index (χ3v) is 6.02. The van der Waals surface area contributed by atoms with Crippen LogP contribution in [0.3, 0.4) is 0 Å². The summed E-state index contributed by atoms with van der Waals surface area (Å²) in [5.41, 5.74) is 7.80. The monoisotopic (exact) mass is 485 g/mol. The summed E-state index contributed by atoms with van der Waals surface area (Å²) in [7, 11) is -3.99. The van der Waals surface area contributed by atoms with E-state index in [4.69, 9.17) is 5.73 Å². The van der Waals surface area contributed by atoms with E-state index in [1.807, 2.05) is 35.1 Å². The molecule has 11 heteroatoms. The van der Waals surface area contributed by atoms with E-state index in [0.717, 1.165) is 5.56 Å². The average Bonchev–Trinajstić information content (AvgIpc) is 2.72. The molecule has 4 N–H and O–H groups in total. The van der Waals surface area contributed by atoms with Gasteiger partial charge in [0.05, 0.1) is 5.75 Å². The molecule has 2 amide bonds. The summed E-state index contributed by atoms with van der Waals surface area (Å²) in [6.07, 6.45) is -4.12. The van der Waals surface area contributed by atoms with Crippen molar-refractivity contribution < 1.29 is 31.2 Å². The number of amides is 2. The standard InChI is InChI=1S/C22H26F3N3O4S/c1-15(11-19(26)12-16-5-3-2-4-6-16)20(29)28-33(31,32)14-18-9-7-17(8-10-18)13-27-21(30)22(23,24)25/h2-10,15,19H,11-14,26H2,1H3,(H,27,30)(H,28,29)/t15-,19+/m0/s1. The van der Waals surface area contributed by atoms with Crippen molar-refractivity contribution >= 4 is 21.8 Å². The maximum atomic E-state index is 12.4. The molecule has 2 aromatic rings. The second kappa shape index (κ2) is 11.3. The van der Waals surface area contributed by atoms with Gasteiger partial charge in [-0.05, 0) is 29.5 Å². The van der Waals surface area contributed by atoms with Crippen molar-refractivity contribution in [3.63, 3.8) is 0 Å². The van der Waals surface area contributed by atoms with E-state index in [-0.39, 0.29) is 12.6 Å². The summed E-state index contributed by atoms with van der Waals surface area (Å²) in [6.45, 7) is 1.24. The number of carbonyl (C=O) groups excluding carboxylic acids is 2. The third kappa shape index (κ3) is 9.22. The van der Waals surface area contributed by atoms with Gasteiger partial charge in [-0.3, -0.25) is 14.3 Å². The molecule has 2 aromatic carbocycles. The van der Waals surface area contributed by atoms with Crippen LogP contribution < -0.4 is 15.8 Å². The molecule has 0 radical (unpaired) electrons. The molecule has 0 aliphatic rings. The van der Waals surface area contributed by atoms with Crippen LogP contribution in [0.2, 0.25) is 0 Å². The normalized spacial score (nSPS) is 13.7. The highest BCUT2D eigenvalue weighted by atomic mass is 32.2. The van der Waals surface area contributed by atoms with Gasteiger partial charge >= 0.3 is 12.1 Å². The molecule has 0 spiro atoms. The Morgan fingerprint density at radius 2 is 1.55 bits per heavy atom. The highest BCUT2D eigenvalue weighted by Gasteiger charge is 2.38. The van der Waals surface area contributed by atoms with Crippen LogP contribution in [0.25, 0.3) is 0 Å². The molecule has 0 aliphatic heterocycles. The Kier molecular flexibility index (Phi) is 9.00. The Labute approximate surface area is 190 Å². The summed E-state index contributed by atoms with van der Waals surface area (Å²) >= 11 is 0. The van der Waals surface area contributed by atoms with Crippen molar-refractivity contribution in [3.05, 3.63) is 71.3 Å². The molecule has 0 bridgehead atoms. The first-order valence-electron chi connectivity index (χ1n) is 10.1. The van der Waals surface area contributed by atoms with E-state index in [1.54, 1.807) is 12.2 Å². The number of sulfonamides is 1. The van der Waals surface area contributed by atoms with Gasteiger partial charge in [0, 0.05) is 18.5 Å². The lowest BCUT2D eigenvalue weighted by molar-refractivity contribution is -0.173. The molecule has 0 heterocycles. The molecule has 7 nitrogen and oxygen atoms in total. The predicted molar refractivity (Wildman–Crippen MR) is 117 cm³/mol. The van der Waals surface area contributed by atoms with E-state index < -0.39 is 39.7 Å². The fourth-order valence-electron chi connectivity index (χ4n) is 3.11. The summed E-state index contributed by atoms with van der Waals surface area (Å²) in [4.78, 5) is 23.2. The zero-order chi connectivity index (χ0) is 24.6. The molecule has 0 aromatic heterocycles. The highest BCUT2D eigenvalue weighted by Crippen LogP contribution is 2.15. The van der Waals surface area contributed by atoms with Gasteiger partial charge in [0.25, 0.3) is 0 Å². The molecule has 2 rings (SSSR count). The van der Waals surface area contributed by atoms with E-state index in [1.165, 1.54) is 24.3 Å². The summed E-state index contributed by atoms with van der Waals surface area (Å²) in [5.74, 6) is -3.84. The second-order valence-corrected chi connectivity index (χ2v) is 9.53. The fraction of sp³-hybridized carbons (Fsp3) is 0.364. The lowest BCUT2D eigenvalue weighted by Crippen LogP contribution is -2.38. The number of hydrogen-bond donors (Lipinski definition) is 3. The lowest BCUT2D eigenvalue weighted by atomic mass is 9.96. The Morgan fingerprint density at radius 3 is 2.12 bits per heavy atom. The van der Waals surface area contributed by atoms with Gasteiger partial charge in [-0.25, -0.2) is 8.42 Å². The molecule has 0 saturated heterocycles. The minimum absolute atomic E-state index is 0.300. The zero-order valence-electron chi connectivity index (χ0n) is 17.9. The summed E-state index contributed by atoms with van der Waals surface area (Å²) in [5, 5.41) is 1.73. The number of nitrogens with one attached hydrogen (secondary N) is 2. The molecule has 0 fully saturated rings. The maximum Gasteiger partial charge on any atom is 0.471 e. The Morgan fingerprint density at radius 1 is 0.970 bits per heavy atom. The minimum Gasteiger partial charge on any atom is -0.344 e. The van der Waals surface area contributed by atoms with Gasteiger partial charge in [-0.1, -0.05) is 61.5 Å². The summed E-state index contributed by atoms with van der Waals surface area (Å²) in [6, 6.07) is 14.8. The largest absolute Gasteiger partial charge is 0.471 e. The molecular formula is C22H26F3N3O4S. The van der Waals surface area contributed by atoms with Crippen molar-refractivity contribution in [1.29, 1.82) is 0 Å². The number of halogens is 3. The minimum atomic E-state index is -4.98. The Bertz CT molecular complexity index is 1040. The fourth-order valence-corrected chi connectivity index (χ4v) is 4.32. The van der Waals surface area contributed by atoms with E-state index >= 15 is 0 Å². The first kappa shape index (κ1) is 26.3. The van der Waals surface area contributed by atoms with Gasteiger partial charge in [0.1, 0.15) is 0 Å². The van der Waals surface area contributed by atoms with Crippen LogP contribution >= 0.6 is 0 Å². The van der Waals surface area contributed by atoms with Crippen LogP contribution in [0.5, 0.6) is 0 Å². The number of hydrogen-bond acceptors (Lipinski definition) is 5. The first-order chi connectivity index (χ1) is 15.4. The van der Waals surface area contributed by atoms with Crippen LogP contribution in [-0.4, -0.2) is 32.5 Å². The van der Waals surface area contributed by atoms with Crippen molar-refractivity contribution in [1.82, 2.24) is 10.0 Å².